The van der Waals surface area contributed by atoms with Gasteiger partial charge in [-0.3, -0.25) is 0 Å². The van der Waals surface area contributed by atoms with Crippen molar-refractivity contribution in [3.05, 3.63) is 29.0 Å². The van der Waals surface area contributed by atoms with Crippen molar-refractivity contribution in [2.45, 2.75) is 19.4 Å². The molecule has 1 aromatic heterocycles. The first kappa shape index (κ1) is 12.0. The fourth-order valence-electron chi connectivity index (χ4n) is 1.85. The molecule has 17 heavy (non-hydrogen) atoms. The largest absolute Gasteiger partial charge is 0.396 e. The van der Waals surface area contributed by atoms with Gasteiger partial charge in [0.1, 0.15) is 5.82 Å². The van der Waals surface area contributed by atoms with Crippen molar-refractivity contribution in [1.82, 2.24) is 9.55 Å². The molecule has 4 heteroatoms. The van der Waals surface area contributed by atoms with E-state index in [0.29, 0.717) is 24.4 Å². The molecule has 1 heterocycles. The SMILES string of the molecule is C#CCn1c(CCCO)nc2cc(Cl)ccc21. The van der Waals surface area contributed by atoms with Crippen molar-refractivity contribution in [2.75, 3.05) is 6.61 Å². The molecule has 0 atom stereocenters. The molecule has 0 aliphatic heterocycles. The van der Waals surface area contributed by atoms with Crippen LogP contribution in [-0.2, 0) is 13.0 Å². The minimum Gasteiger partial charge on any atom is -0.396 e. The molecule has 0 radical (unpaired) electrons. The standard InChI is InChI=1S/C13H13ClN2O/c1-2-7-16-12-6-5-10(14)9-11(12)15-13(16)4-3-8-17/h1,5-6,9,17H,3-4,7-8H2. The van der Waals surface area contributed by atoms with Crippen molar-refractivity contribution in [3.8, 4) is 12.3 Å². The fourth-order valence-corrected chi connectivity index (χ4v) is 2.01. The van der Waals surface area contributed by atoms with E-state index in [0.717, 1.165) is 16.9 Å². The van der Waals surface area contributed by atoms with Crippen molar-refractivity contribution in [1.29, 1.82) is 0 Å². The predicted molar refractivity (Wildman–Crippen MR) is 69.0 cm³/mol. The zero-order valence-corrected chi connectivity index (χ0v) is 10.1. The van der Waals surface area contributed by atoms with Crippen LogP contribution < -0.4 is 0 Å². The van der Waals surface area contributed by atoms with Gasteiger partial charge in [-0.25, -0.2) is 4.98 Å². The van der Waals surface area contributed by atoms with Gasteiger partial charge in [-0.1, -0.05) is 17.5 Å². The Hall–Kier alpha value is -1.50. The van der Waals surface area contributed by atoms with Crippen LogP contribution in [0.5, 0.6) is 0 Å². The lowest BCUT2D eigenvalue weighted by Gasteiger charge is -2.04. The highest BCUT2D eigenvalue weighted by Gasteiger charge is 2.09. The lowest BCUT2D eigenvalue weighted by molar-refractivity contribution is 0.287. The van der Waals surface area contributed by atoms with E-state index < -0.39 is 0 Å². The highest BCUT2D eigenvalue weighted by molar-refractivity contribution is 6.31. The smallest absolute Gasteiger partial charge is 0.110 e. The average molecular weight is 249 g/mol. The summed E-state index contributed by atoms with van der Waals surface area (Å²) in [5.41, 5.74) is 1.83. The van der Waals surface area contributed by atoms with Crippen molar-refractivity contribution < 1.29 is 5.11 Å². The van der Waals surface area contributed by atoms with E-state index in [1.54, 1.807) is 0 Å². The first-order valence-corrected chi connectivity index (χ1v) is 5.83. The summed E-state index contributed by atoms with van der Waals surface area (Å²) in [6, 6.07) is 5.57. The van der Waals surface area contributed by atoms with Crippen molar-refractivity contribution in [3.63, 3.8) is 0 Å². The summed E-state index contributed by atoms with van der Waals surface area (Å²) in [5, 5.41) is 9.53. The minimum atomic E-state index is 0.153. The molecule has 0 saturated heterocycles. The molecule has 0 unspecified atom stereocenters. The number of imidazole rings is 1. The zero-order valence-electron chi connectivity index (χ0n) is 9.36. The molecular formula is C13H13ClN2O. The molecule has 1 N–H and O–H groups in total. The maximum absolute atomic E-state index is 8.87. The number of nitrogens with zero attached hydrogens (tertiary/aromatic N) is 2. The Morgan fingerprint density at radius 1 is 1.47 bits per heavy atom. The Labute approximate surface area is 105 Å². The van der Waals surface area contributed by atoms with E-state index >= 15 is 0 Å². The Morgan fingerprint density at radius 3 is 3.00 bits per heavy atom. The number of aliphatic hydroxyl groups is 1. The van der Waals surface area contributed by atoms with Crippen LogP contribution in [0.1, 0.15) is 12.2 Å². The van der Waals surface area contributed by atoms with Gasteiger partial charge in [0.2, 0.25) is 0 Å². The molecule has 0 spiro atoms. The second kappa shape index (κ2) is 5.22. The second-order valence-corrected chi connectivity index (χ2v) is 4.21. The van der Waals surface area contributed by atoms with Gasteiger partial charge in [0.25, 0.3) is 0 Å². The maximum atomic E-state index is 8.87. The van der Waals surface area contributed by atoms with Crippen LogP contribution >= 0.6 is 11.6 Å². The number of hydrogen-bond acceptors (Lipinski definition) is 2. The summed E-state index contributed by atoms with van der Waals surface area (Å²) in [7, 11) is 0. The van der Waals surface area contributed by atoms with Gasteiger partial charge in [-0.15, -0.1) is 6.42 Å². The molecule has 1 aromatic carbocycles. The molecule has 0 aliphatic carbocycles. The minimum absolute atomic E-state index is 0.153. The summed E-state index contributed by atoms with van der Waals surface area (Å²) in [6.07, 6.45) is 6.76. The van der Waals surface area contributed by atoms with E-state index in [2.05, 4.69) is 10.9 Å². The summed E-state index contributed by atoms with van der Waals surface area (Å²) in [5.74, 6) is 3.52. The Kier molecular flexibility index (Phi) is 3.68. The van der Waals surface area contributed by atoms with Crippen LogP contribution in [0, 0.1) is 12.3 Å². The van der Waals surface area contributed by atoms with E-state index in [9.17, 15) is 0 Å². The zero-order chi connectivity index (χ0) is 12.3. The molecule has 2 rings (SSSR count). The Bertz CT molecular complexity index is 569. The van der Waals surface area contributed by atoms with Crippen LogP contribution in [-0.4, -0.2) is 21.3 Å². The number of aromatic nitrogens is 2. The normalized spacial score (nSPS) is 10.6. The number of benzene rings is 1. The molecular weight excluding hydrogens is 236 g/mol. The first-order valence-electron chi connectivity index (χ1n) is 5.45. The summed E-state index contributed by atoms with van der Waals surface area (Å²) in [4.78, 5) is 4.50. The molecule has 0 amide bonds. The Morgan fingerprint density at radius 2 is 2.29 bits per heavy atom. The number of hydrogen-bond donors (Lipinski definition) is 1. The van der Waals surface area contributed by atoms with Gasteiger partial charge in [0, 0.05) is 18.1 Å². The van der Waals surface area contributed by atoms with E-state index in [1.807, 2.05) is 22.8 Å². The monoisotopic (exact) mass is 248 g/mol. The van der Waals surface area contributed by atoms with E-state index in [-0.39, 0.29) is 6.61 Å². The van der Waals surface area contributed by atoms with Crippen LogP contribution in [0.25, 0.3) is 11.0 Å². The van der Waals surface area contributed by atoms with E-state index in [4.69, 9.17) is 23.1 Å². The Balaban J connectivity index is 2.50. The predicted octanol–water partition coefficient (Wildman–Crippen LogP) is 2.25. The summed E-state index contributed by atoms with van der Waals surface area (Å²) in [6.45, 7) is 0.638. The van der Waals surface area contributed by atoms with Gasteiger partial charge in [0.05, 0.1) is 17.6 Å². The van der Waals surface area contributed by atoms with Crippen molar-refractivity contribution >= 4 is 22.6 Å². The van der Waals surface area contributed by atoms with Gasteiger partial charge >= 0.3 is 0 Å². The molecule has 0 fully saturated rings. The summed E-state index contributed by atoms with van der Waals surface area (Å²) >= 11 is 5.93. The first-order chi connectivity index (χ1) is 8.26. The number of rotatable bonds is 4. The lowest BCUT2D eigenvalue weighted by Crippen LogP contribution is -2.03. The lowest BCUT2D eigenvalue weighted by atomic mass is 10.3. The van der Waals surface area contributed by atoms with Crippen LogP contribution in [0.3, 0.4) is 0 Å². The van der Waals surface area contributed by atoms with E-state index in [1.165, 1.54) is 0 Å². The average Bonchev–Trinajstić information content (AvgIpc) is 2.64. The molecule has 3 nitrogen and oxygen atoms in total. The molecule has 88 valence electrons. The van der Waals surface area contributed by atoms with Gasteiger partial charge < -0.3 is 9.67 Å². The quantitative estimate of drug-likeness (QED) is 0.843. The third-order valence-electron chi connectivity index (χ3n) is 2.60. The number of halogens is 1. The number of aryl methyl sites for hydroxylation is 1. The van der Waals surface area contributed by atoms with Crippen molar-refractivity contribution in [2.24, 2.45) is 0 Å². The van der Waals surface area contributed by atoms with Crippen LogP contribution in [0.2, 0.25) is 5.02 Å². The number of terminal acetylenes is 1. The van der Waals surface area contributed by atoms with Crippen LogP contribution in [0.15, 0.2) is 18.2 Å². The van der Waals surface area contributed by atoms with Crippen LogP contribution in [0.4, 0.5) is 0 Å². The maximum Gasteiger partial charge on any atom is 0.110 e. The highest BCUT2D eigenvalue weighted by Crippen LogP contribution is 2.21. The second-order valence-electron chi connectivity index (χ2n) is 3.78. The molecule has 0 aliphatic rings. The molecule has 2 aromatic rings. The molecule has 0 bridgehead atoms. The van der Waals surface area contributed by atoms with Gasteiger partial charge in [0.15, 0.2) is 0 Å². The topological polar surface area (TPSA) is 38.0 Å². The summed E-state index contributed by atoms with van der Waals surface area (Å²) < 4.78 is 1.99. The fraction of sp³-hybridized carbons (Fsp3) is 0.308. The number of fused-ring (bicyclic) bond motifs is 1. The third-order valence-corrected chi connectivity index (χ3v) is 2.83. The number of aliphatic hydroxyl groups excluding tert-OH is 1. The molecule has 0 saturated carbocycles. The van der Waals surface area contributed by atoms with Gasteiger partial charge in [-0.2, -0.15) is 0 Å². The van der Waals surface area contributed by atoms with Gasteiger partial charge in [-0.05, 0) is 24.6 Å². The third kappa shape index (κ3) is 2.44. The highest BCUT2D eigenvalue weighted by atomic mass is 35.5.